The maximum absolute atomic E-state index is 11.8. The van der Waals surface area contributed by atoms with Crippen molar-refractivity contribution in [2.75, 3.05) is 6.54 Å². The summed E-state index contributed by atoms with van der Waals surface area (Å²) in [5, 5.41) is 8.82. The number of nitrogens with one attached hydrogen (secondary N) is 1. The second kappa shape index (κ2) is 3.81. The van der Waals surface area contributed by atoms with E-state index < -0.39 is 21.4 Å². The Balaban J connectivity index is 2.07. The molecule has 0 aromatic carbocycles. The first-order valence-corrected chi connectivity index (χ1v) is 6.55. The molecule has 0 radical (unpaired) electrons. The van der Waals surface area contributed by atoms with Gasteiger partial charge < -0.3 is 9.67 Å². The topological polar surface area (TPSA) is 101 Å². The summed E-state index contributed by atoms with van der Waals surface area (Å²) < 4.78 is 27.3. The maximum Gasteiger partial charge on any atom is 0.310 e. The van der Waals surface area contributed by atoms with Crippen LogP contribution in [0.3, 0.4) is 0 Å². The Labute approximate surface area is 98.5 Å². The third kappa shape index (κ3) is 2.32. The van der Waals surface area contributed by atoms with E-state index in [-0.39, 0.29) is 11.6 Å². The molecule has 2 rings (SSSR count). The summed E-state index contributed by atoms with van der Waals surface area (Å²) in [7, 11) is -2.05. The average Bonchev–Trinajstić information content (AvgIpc) is 2.92. The summed E-state index contributed by atoms with van der Waals surface area (Å²) in [5.74, 6) is -0.957. The molecule has 17 heavy (non-hydrogen) atoms. The number of carboxylic acids is 1. The number of sulfonamides is 1. The van der Waals surface area contributed by atoms with Gasteiger partial charge in [-0.1, -0.05) is 0 Å². The highest BCUT2D eigenvalue weighted by Gasteiger charge is 2.50. The van der Waals surface area contributed by atoms with E-state index in [1.165, 1.54) is 17.1 Å². The molecule has 1 fully saturated rings. The highest BCUT2D eigenvalue weighted by molar-refractivity contribution is 7.89. The highest BCUT2D eigenvalue weighted by Crippen LogP contribution is 2.45. The molecule has 1 aromatic heterocycles. The molecule has 7 nitrogen and oxygen atoms in total. The van der Waals surface area contributed by atoms with E-state index in [9.17, 15) is 13.2 Å². The SMILES string of the molecule is Cn1cnc(S(=O)(=O)NCC2(C(=O)O)CC2)c1. The van der Waals surface area contributed by atoms with Crippen LogP contribution in [0, 0.1) is 5.41 Å². The van der Waals surface area contributed by atoms with E-state index >= 15 is 0 Å². The number of hydrogen-bond donors (Lipinski definition) is 2. The van der Waals surface area contributed by atoms with Crippen molar-refractivity contribution in [3.05, 3.63) is 12.5 Å². The summed E-state index contributed by atoms with van der Waals surface area (Å²) in [5.41, 5.74) is -0.915. The Morgan fingerprint density at radius 1 is 1.65 bits per heavy atom. The lowest BCUT2D eigenvalue weighted by molar-refractivity contribution is -0.143. The van der Waals surface area contributed by atoms with Gasteiger partial charge in [0, 0.05) is 19.8 Å². The molecule has 1 aliphatic carbocycles. The zero-order valence-electron chi connectivity index (χ0n) is 9.25. The van der Waals surface area contributed by atoms with Crippen LogP contribution < -0.4 is 4.72 Å². The van der Waals surface area contributed by atoms with Crippen LogP contribution in [0.2, 0.25) is 0 Å². The lowest BCUT2D eigenvalue weighted by atomic mass is 10.1. The number of aromatic nitrogens is 2. The van der Waals surface area contributed by atoms with Crippen molar-refractivity contribution in [2.24, 2.45) is 12.5 Å². The number of nitrogens with zero attached hydrogens (tertiary/aromatic N) is 2. The fraction of sp³-hybridized carbons (Fsp3) is 0.556. The van der Waals surface area contributed by atoms with Crippen molar-refractivity contribution < 1.29 is 18.3 Å². The molecule has 2 N–H and O–H groups in total. The molecule has 0 amide bonds. The number of carbonyl (C=O) groups is 1. The average molecular weight is 259 g/mol. The van der Waals surface area contributed by atoms with E-state index in [4.69, 9.17) is 5.11 Å². The van der Waals surface area contributed by atoms with Gasteiger partial charge in [-0.15, -0.1) is 0 Å². The molecule has 0 saturated heterocycles. The monoisotopic (exact) mass is 259 g/mol. The van der Waals surface area contributed by atoms with Crippen LogP contribution >= 0.6 is 0 Å². The maximum atomic E-state index is 11.8. The second-order valence-corrected chi connectivity index (χ2v) is 6.00. The van der Waals surface area contributed by atoms with E-state index in [0.29, 0.717) is 12.8 Å². The van der Waals surface area contributed by atoms with Crippen molar-refractivity contribution in [3.63, 3.8) is 0 Å². The highest BCUT2D eigenvalue weighted by atomic mass is 32.2. The molecular weight excluding hydrogens is 246 g/mol. The van der Waals surface area contributed by atoms with Crippen LogP contribution in [-0.2, 0) is 21.9 Å². The zero-order valence-corrected chi connectivity index (χ0v) is 10.1. The number of aliphatic carboxylic acids is 1. The molecule has 0 atom stereocenters. The van der Waals surface area contributed by atoms with Gasteiger partial charge in [-0.3, -0.25) is 4.79 Å². The Morgan fingerprint density at radius 2 is 2.29 bits per heavy atom. The van der Waals surface area contributed by atoms with Gasteiger partial charge in [0.05, 0.1) is 11.7 Å². The minimum atomic E-state index is -3.71. The molecule has 1 saturated carbocycles. The number of carboxylic acid groups (broad SMARTS) is 1. The predicted octanol–water partition coefficient (Wildman–Crippen LogP) is -0.437. The minimum Gasteiger partial charge on any atom is -0.481 e. The largest absolute Gasteiger partial charge is 0.481 e. The Bertz CT molecular complexity index is 544. The van der Waals surface area contributed by atoms with Crippen molar-refractivity contribution in [1.82, 2.24) is 14.3 Å². The number of aryl methyl sites for hydroxylation is 1. The van der Waals surface area contributed by atoms with Crippen LogP contribution in [-0.4, -0.2) is 35.6 Å². The van der Waals surface area contributed by atoms with Crippen LogP contribution in [0.15, 0.2) is 17.6 Å². The number of imidazole rings is 1. The zero-order chi connectivity index (χ0) is 12.7. The summed E-state index contributed by atoms with van der Waals surface area (Å²) in [6.07, 6.45) is 3.75. The van der Waals surface area contributed by atoms with Crippen LogP contribution in [0.25, 0.3) is 0 Å². The van der Waals surface area contributed by atoms with Gasteiger partial charge >= 0.3 is 5.97 Å². The Kier molecular flexibility index (Phi) is 2.70. The fourth-order valence-corrected chi connectivity index (χ4v) is 2.56. The quantitative estimate of drug-likeness (QED) is 0.746. The molecule has 0 spiro atoms. The van der Waals surface area contributed by atoms with Gasteiger partial charge in [0.1, 0.15) is 0 Å². The first-order valence-electron chi connectivity index (χ1n) is 5.07. The number of rotatable bonds is 5. The fourth-order valence-electron chi connectivity index (χ4n) is 1.45. The van der Waals surface area contributed by atoms with Crippen molar-refractivity contribution in [1.29, 1.82) is 0 Å². The standard InChI is InChI=1S/C9H13N3O4S/c1-12-4-7(10-6-12)17(15,16)11-5-9(2-3-9)8(13)14/h4,6,11H,2-3,5H2,1H3,(H,13,14). The van der Waals surface area contributed by atoms with Crippen LogP contribution in [0.4, 0.5) is 0 Å². The smallest absolute Gasteiger partial charge is 0.310 e. The van der Waals surface area contributed by atoms with Gasteiger partial charge in [-0.25, -0.2) is 18.1 Å². The van der Waals surface area contributed by atoms with E-state index in [1.807, 2.05) is 0 Å². The van der Waals surface area contributed by atoms with Crippen LogP contribution in [0.1, 0.15) is 12.8 Å². The van der Waals surface area contributed by atoms with Crippen molar-refractivity contribution >= 4 is 16.0 Å². The molecule has 1 heterocycles. The van der Waals surface area contributed by atoms with E-state index in [1.54, 1.807) is 7.05 Å². The molecule has 0 unspecified atom stereocenters. The van der Waals surface area contributed by atoms with Gasteiger partial charge in [-0.05, 0) is 12.8 Å². The van der Waals surface area contributed by atoms with Gasteiger partial charge in [-0.2, -0.15) is 0 Å². The molecule has 1 aromatic rings. The second-order valence-electron chi connectivity index (χ2n) is 4.29. The molecule has 8 heteroatoms. The normalized spacial score (nSPS) is 17.9. The third-order valence-electron chi connectivity index (χ3n) is 2.86. The lowest BCUT2D eigenvalue weighted by Gasteiger charge is -2.10. The van der Waals surface area contributed by atoms with Gasteiger partial charge in [0.2, 0.25) is 0 Å². The van der Waals surface area contributed by atoms with E-state index in [0.717, 1.165) is 0 Å². The first-order chi connectivity index (χ1) is 7.86. The Hall–Kier alpha value is -1.41. The molecule has 0 aliphatic heterocycles. The van der Waals surface area contributed by atoms with E-state index in [2.05, 4.69) is 9.71 Å². The van der Waals surface area contributed by atoms with Gasteiger partial charge in [0.15, 0.2) is 5.03 Å². The third-order valence-corrected chi connectivity index (χ3v) is 4.15. The summed E-state index contributed by atoms with van der Waals surface area (Å²) in [6.45, 7) is -0.0821. The summed E-state index contributed by atoms with van der Waals surface area (Å²) >= 11 is 0. The summed E-state index contributed by atoms with van der Waals surface area (Å²) in [4.78, 5) is 14.6. The predicted molar refractivity (Wildman–Crippen MR) is 57.7 cm³/mol. The molecule has 0 bridgehead atoms. The number of hydrogen-bond acceptors (Lipinski definition) is 4. The minimum absolute atomic E-state index is 0.0821. The van der Waals surface area contributed by atoms with Crippen LogP contribution in [0.5, 0.6) is 0 Å². The van der Waals surface area contributed by atoms with Crippen molar-refractivity contribution in [3.8, 4) is 0 Å². The van der Waals surface area contributed by atoms with Crippen molar-refractivity contribution in [2.45, 2.75) is 17.9 Å². The van der Waals surface area contributed by atoms with Gasteiger partial charge in [0.25, 0.3) is 10.0 Å². The Morgan fingerprint density at radius 3 is 2.71 bits per heavy atom. The first kappa shape index (κ1) is 12.1. The molecule has 94 valence electrons. The summed E-state index contributed by atoms with van der Waals surface area (Å²) in [6, 6.07) is 0. The lowest BCUT2D eigenvalue weighted by Crippen LogP contribution is -2.34. The molecule has 1 aliphatic rings. The molecular formula is C9H13N3O4S.